The van der Waals surface area contributed by atoms with Crippen LogP contribution in [-0.2, 0) is 4.79 Å². The minimum absolute atomic E-state index is 0.0653. The molecule has 68 valence electrons. The summed E-state index contributed by atoms with van der Waals surface area (Å²) in [4.78, 5) is 11.4. The highest BCUT2D eigenvalue weighted by Gasteiger charge is 2.33. The molecule has 0 aromatic carbocycles. The number of amides is 1. The molecule has 0 bridgehead atoms. The third-order valence-corrected chi connectivity index (χ3v) is 2.00. The smallest absolute Gasteiger partial charge is 0.213 e. The second-order valence-electron chi connectivity index (χ2n) is 3.97. The maximum Gasteiger partial charge on any atom is 0.213 e. The first-order valence-corrected chi connectivity index (χ1v) is 4.23. The molecule has 12 heavy (non-hydrogen) atoms. The van der Waals surface area contributed by atoms with Crippen molar-refractivity contribution >= 4 is 21.6 Å². The Morgan fingerprint density at radius 3 is 2.08 bits per heavy atom. The minimum atomic E-state index is -1.13. The summed E-state index contributed by atoms with van der Waals surface area (Å²) in [5.74, 6) is -0.229. The van der Waals surface area contributed by atoms with Gasteiger partial charge >= 0.3 is 0 Å². The van der Waals surface area contributed by atoms with Crippen molar-refractivity contribution < 1.29 is 9.18 Å². The number of alkyl halides is 1. The second kappa shape index (κ2) is 3.97. The molecule has 0 aromatic heterocycles. The maximum atomic E-state index is 12.9. The second-order valence-corrected chi connectivity index (χ2v) is 3.97. The third kappa shape index (κ3) is 2.87. The zero-order valence-electron chi connectivity index (χ0n) is 8.44. The van der Waals surface area contributed by atoms with Crippen LogP contribution in [0.3, 0.4) is 0 Å². The Morgan fingerprint density at radius 2 is 1.83 bits per heavy atom. The van der Waals surface area contributed by atoms with Gasteiger partial charge in [0.1, 0.15) is 15.7 Å². The van der Waals surface area contributed by atoms with Gasteiger partial charge in [-0.25, -0.2) is 4.39 Å². The molecule has 1 amide bonds. The molecule has 1 unspecified atom stereocenters. The molecule has 1 atom stereocenters. The molecule has 0 heterocycles. The maximum absolute atomic E-state index is 12.9. The van der Waals surface area contributed by atoms with Gasteiger partial charge in [0.2, 0.25) is 5.91 Å². The fraction of sp³-hybridized carbons (Fsp3) is 0.857. The van der Waals surface area contributed by atoms with Crippen LogP contribution in [0.15, 0.2) is 0 Å². The van der Waals surface area contributed by atoms with Crippen molar-refractivity contribution in [2.24, 2.45) is 0 Å². The molecule has 2 nitrogen and oxygen atoms in total. The van der Waals surface area contributed by atoms with Gasteiger partial charge in [-0.05, 0) is 20.8 Å². The third-order valence-electron chi connectivity index (χ3n) is 2.00. The van der Waals surface area contributed by atoms with Gasteiger partial charge in [0.25, 0.3) is 0 Å². The van der Waals surface area contributed by atoms with E-state index in [2.05, 4.69) is 5.32 Å². The average molecular weight is 171 g/mol. The van der Waals surface area contributed by atoms with Crippen LogP contribution in [0.1, 0.15) is 20.8 Å². The summed E-state index contributed by atoms with van der Waals surface area (Å²) in [6.45, 7) is 5.12. The molecule has 0 aliphatic rings. The number of halogens is 1. The van der Waals surface area contributed by atoms with E-state index in [1.54, 1.807) is 15.7 Å². The molecule has 5 heteroatoms. The fourth-order valence-electron chi connectivity index (χ4n) is 0.629. The van der Waals surface area contributed by atoms with Gasteiger partial charge in [0.05, 0.1) is 6.17 Å². The van der Waals surface area contributed by atoms with Crippen LogP contribution in [0, 0.1) is 0 Å². The molecule has 1 N–H and O–H groups in total. The average Bonchev–Trinajstić information content (AvgIpc) is 1.85. The summed E-state index contributed by atoms with van der Waals surface area (Å²) in [6.07, 6.45) is -1.13. The monoisotopic (exact) mass is 171 g/mol. The Bertz CT molecular complexity index is 171. The van der Waals surface area contributed by atoms with Gasteiger partial charge in [-0.15, -0.1) is 0 Å². The number of hydrogen-bond acceptors (Lipinski definition) is 1. The largest absolute Gasteiger partial charge is 0.355 e. The first-order chi connectivity index (χ1) is 5.28. The van der Waals surface area contributed by atoms with Gasteiger partial charge in [-0.2, -0.15) is 0 Å². The van der Waals surface area contributed by atoms with E-state index in [0.717, 1.165) is 0 Å². The minimum Gasteiger partial charge on any atom is -0.355 e. The quantitative estimate of drug-likeness (QED) is 0.556. The topological polar surface area (TPSA) is 29.1 Å². The van der Waals surface area contributed by atoms with Gasteiger partial charge in [0.15, 0.2) is 0 Å². The summed E-state index contributed by atoms with van der Waals surface area (Å²) >= 11 is 0. The van der Waals surface area contributed by atoms with Crippen molar-refractivity contribution in [3.63, 3.8) is 0 Å². The van der Waals surface area contributed by atoms with E-state index >= 15 is 0 Å². The van der Waals surface area contributed by atoms with Crippen LogP contribution in [0.25, 0.3) is 0 Å². The van der Waals surface area contributed by atoms with Crippen molar-refractivity contribution in [2.75, 3.05) is 0 Å². The zero-order valence-corrected chi connectivity index (χ0v) is 8.44. The summed E-state index contributed by atoms with van der Waals surface area (Å²) in [6, 6.07) is 0.0653. The summed E-state index contributed by atoms with van der Waals surface area (Å²) < 4.78 is 12.9. The number of hydrogen-bond donors (Lipinski definition) is 1. The van der Waals surface area contributed by atoms with Gasteiger partial charge in [0, 0.05) is 11.3 Å². The Labute approximate surface area is 75.1 Å². The van der Waals surface area contributed by atoms with Gasteiger partial charge in [-0.3, -0.25) is 4.79 Å². The number of carbonyl (C=O) groups is 1. The highest BCUT2D eigenvalue weighted by Crippen LogP contribution is 2.24. The molecule has 0 aromatic rings. The highest BCUT2D eigenvalue weighted by molar-refractivity contribution is 6.51. The molecule has 0 radical (unpaired) electrons. The molecule has 0 aliphatic carbocycles. The number of nitrogens with one attached hydrogen (secondary N) is 1. The molecule has 0 spiro atoms. The predicted molar refractivity (Wildman–Crippen MR) is 53.6 cm³/mol. The summed E-state index contributed by atoms with van der Waals surface area (Å²) in [7, 11) is 3.21. The number of carbonyl (C=O) groups excluding carboxylic acids is 1. The van der Waals surface area contributed by atoms with Crippen LogP contribution in [0.4, 0.5) is 4.39 Å². The molecular weight excluding hydrogens is 155 g/mol. The molecule has 0 rings (SSSR count). The van der Waals surface area contributed by atoms with Crippen molar-refractivity contribution in [3.8, 4) is 0 Å². The molecule has 0 saturated carbocycles. The standard InChI is InChI=1S/C7H16B2FNO/c1-4(2)11-6(12)7(8,9)5(3)10/h4-5H,8-9H2,1-3H3,(H,11,12). The lowest BCUT2D eigenvalue weighted by atomic mass is 9.51. The Kier molecular flexibility index (Phi) is 3.81. The summed E-state index contributed by atoms with van der Waals surface area (Å²) in [5.41, 5.74) is 0. The lowest BCUT2D eigenvalue weighted by molar-refractivity contribution is -0.123. The molecule has 0 fully saturated rings. The summed E-state index contributed by atoms with van der Waals surface area (Å²) in [5, 5.41) is 1.76. The van der Waals surface area contributed by atoms with E-state index in [9.17, 15) is 9.18 Å². The van der Waals surface area contributed by atoms with E-state index in [-0.39, 0.29) is 11.9 Å². The van der Waals surface area contributed by atoms with Gasteiger partial charge < -0.3 is 5.32 Å². The van der Waals surface area contributed by atoms with Crippen LogP contribution >= 0.6 is 0 Å². The lowest BCUT2D eigenvalue weighted by Crippen LogP contribution is -2.44. The van der Waals surface area contributed by atoms with Crippen LogP contribution in [-0.4, -0.2) is 33.8 Å². The highest BCUT2D eigenvalue weighted by atomic mass is 19.1. The van der Waals surface area contributed by atoms with E-state index in [1.807, 2.05) is 13.8 Å². The van der Waals surface area contributed by atoms with E-state index in [4.69, 9.17) is 0 Å². The first kappa shape index (κ1) is 11.5. The first-order valence-electron chi connectivity index (χ1n) is 4.23. The van der Waals surface area contributed by atoms with Crippen LogP contribution in [0.2, 0.25) is 5.21 Å². The zero-order chi connectivity index (χ0) is 9.94. The van der Waals surface area contributed by atoms with Crippen molar-refractivity contribution in [3.05, 3.63) is 0 Å². The number of rotatable bonds is 3. The Balaban J connectivity index is 4.26. The van der Waals surface area contributed by atoms with E-state index in [0.29, 0.717) is 0 Å². The molecule has 0 saturated heterocycles. The molecule has 0 aliphatic heterocycles. The van der Waals surface area contributed by atoms with Crippen molar-refractivity contribution in [2.45, 2.75) is 38.2 Å². The lowest BCUT2D eigenvalue weighted by Gasteiger charge is -2.26. The van der Waals surface area contributed by atoms with Gasteiger partial charge in [-0.1, -0.05) is 0 Å². The van der Waals surface area contributed by atoms with Crippen molar-refractivity contribution in [1.82, 2.24) is 5.32 Å². The van der Waals surface area contributed by atoms with E-state index in [1.165, 1.54) is 6.92 Å². The van der Waals surface area contributed by atoms with E-state index < -0.39 is 11.4 Å². The van der Waals surface area contributed by atoms with Crippen molar-refractivity contribution in [1.29, 1.82) is 0 Å². The molecular formula is C7H16B2FNO. The SMILES string of the molecule is BC(B)(C(=O)NC(C)C)C(C)F. The Morgan fingerprint density at radius 1 is 1.42 bits per heavy atom. The fourth-order valence-corrected chi connectivity index (χ4v) is 0.629. The Hall–Kier alpha value is -0.470. The predicted octanol–water partition coefficient (Wildman–Crippen LogP) is -0.749. The van der Waals surface area contributed by atoms with Crippen LogP contribution in [0.5, 0.6) is 0 Å². The normalized spacial score (nSPS) is 14.4. The van der Waals surface area contributed by atoms with Crippen LogP contribution < -0.4 is 5.32 Å².